The number of rotatable bonds is 1. The molecule has 0 unspecified atom stereocenters. The van der Waals surface area contributed by atoms with E-state index in [1.165, 1.54) is 19.4 Å². The van der Waals surface area contributed by atoms with Crippen LogP contribution in [-0.4, -0.2) is 13.1 Å². The molecule has 0 spiro atoms. The number of allylic oxidation sites excluding steroid dienone is 1. The Balaban J connectivity index is 2.33. The zero-order chi connectivity index (χ0) is 5.82. The average molecular weight is 111 g/mol. The molecule has 0 aliphatic carbocycles. The predicted molar refractivity (Wildman–Crippen MR) is 35.9 cm³/mol. The van der Waals surface area contributed by atoms with E-state index in [4.69, 9.17) is 0 Å². The zero-order valence-electron chi connectivity index (χ0n) is 5.41. The Kier molecular flexibility index (Phi) is 2.10. The van der Waals surface area contributed by atoms with Gasteiger partial charge in [0.2, 0.25) is 0 Å². The second kappa shape index (κ2) is 2.88. The van der Waals surface area contributed by atoms with Crippen molar-refractivity contribution in [3.8, 4) is 0 Å². The Morgan fingerprint density at radius 2 is 2.62 bits per heavy atom. The fraction of sp³-hybridized carbons (Fsp3) is 0.714. The molecule has 0 amide bonds. The molecule has 0 saturated carbocycles. The maximum Gasteiger partial charge on any atom is 0.0165 e. The van der Waals surface area contributed by atoms with Gasteiger partial charge in [0.05, 0.1) is 0 Å². The van der Waals surface area contributed by atoms with Crippen LogP contribution in [0.2, 0.25) is 0 Å². The summed E-state index contributed by atoms with van der Waals surface area (Å²) < 4.78 is 0. The van der Waals surface area contributed by atoms with Gasteiger partial charge in [0, 0.05) is 6.54 Å². The highest BCUT2D eigenvalue weighted by atomic mass is 14.9. The van der Waals surface area contributed by atoms with Gasteiger partial charge in [-0.25, -0.2) is 0 Å². The van der Waals surface area contributed by atoms with Crippen LogP contribution >= 0.6 is 0 Å². The molecule has 46 valence electrons. The third-order valence-corrected chi connectivity index (χ3v) is 1.47. The summed E-state index contributed by atoms with van der Waals surface area (Å²) in [5.74, 6) is 0. The van der Waals surface area contributed by atoms with Gasteiger partial charge in [0.1, 0.15) is 0 Å². The first kappa shape index (κ1) is 5.83. The number of hydrogen-bond donors (Lipinski definition) is 1. The molecule has 1 nitrogen and oxygen atoms in total. The normalized spacial score (nSPS) is 24.9. The summed E-state index contributed by atoms with van der Waals surface area (Å²) in [6, 6.07) is 0. The molecule has 1 aliphatic heterocycles. The SMILES string of the molecule is CC/C=C1\CCNC1. The molecule has 0 bridgehead atoms. The lowest BCUT2D eigenvalue weighted by molar-refractivity contribution is 0.862. The summed E-state index contributed by atoms with van der Waals surface area (Å²) in [6.07, 6.45) is 4.78. The van der Waals surface area contributed by atoms with E-state index in [2.05, 4.69) is 18.3 Å². The maximum atomic E-state index is 3.29. The molecule has 0 aromatic rings. The Hall–Kier alpha value is -0.300. The van der Waals surface area contributed by atoms with Crippen LogP contribution in [0.3, 0.4) is 0 Å². The minimum absolute atomic E-state index is 1.13. The molecular formula is C7H13N. The van der Waals surface area contributed by atoms with Crippen molar-refractivity contribution in [3.63, 3.8) is 0 Å². The third-order valence-electron chi connectivity index (χ3n) is 1.47. The highest BCUT2D eigenvalue weighted by Gasteiger charge is 2.02. The van der Waals surface area contributed by atoms with E-state index in [1.54, 1.807) is 5.57 Å². The molecule has 1 heterocycles. The van der Waals surface area contributed by atoms with Gasteiger partial charge in [-0.2, -0.15) is 0 Å². The molecule has 1 aliphatic rings. The molecule has 1 fully saturated rings. The van der Waals surface area contributed by atoms with Crippen molar-refractivity contribution in [2.75, 3.05) is 13.1 Å². The van der Waals surface area contributed by atoms with Crippen molar-refractivity contribution < 1.29 is 0 Å². The van der Waals surface area contributed by atoms with Gasteiger partial charge in [-0.3, -0.25) is 0 Å². The summed E-state index contributed by atoms with van der Waals surface area (Å²) in [5.41, 5.74) is 1.59. The second-order valence-corrected chi connectivity index (χ2v) is 2.20. The predicted octanol–water partition coefficient (Wildman–Crippen LogP) is 1.32. The van der Waals surface area contributed by atoms with Crippen LogP contribution in [0.15, 0.2) is 11.6 Å². The Labute approximate surface area is 50.8 Å². The lowest BCUT2D eigenvalue weighted by Crippen LogP contribution is -2.04. The van der Waals surface area contributed by atoms with Crippen LogP contribution in [0.25, 0.3) is 0 Å². The van der Waals surface area contributed by atoms with Crippen molar-refractivity contribution in [2.24, 2.45) is 0 Å². The summed E-state index contributed by atoms with van der Waals surface area (Å²) in [7, 11) is 0. The fourth-order valence-electron chi connectivity index (χ4n) is 1.05. The van der Waals surface area contributed by atoms with Crippen LogP contribution in [0.5, 0.6) is 0 Å². The summed E-state index contributed by atoms with van der Waals surface area (Å²) in [4.78, 5) is 0. The van der Waals surface area contributed by atoms with E-state index in [-0.39, 0.29) is 0 Å². The molecule has 1 rings (SSSR count). The molecule has 0 atom stereocenters. The van der Waals surface area contributed by atoms with Gasteiger partial charge in [0.15, 0.2) is 0 Å². The highest BCUT2D eigenvalue weighted by molar-refractivity contribution is 5.08. The molecule has 0 aromatic carbocycles. The first-order valence-electron chi connectivity index (χ1n) is 3.32. The standard InChI is InChI=1S/C7H13N/c1-2-3-7-4-5-8-6-7/h3,8H,2,4-6H2,1H3/b7-3+. The zero-order valence-corrected chi connectivity index (χ0v) is 5.41. The third kappa shape index (κ3) is 1.34. The molecule has 1 heteroatoms. The minimum Gasteiger partial charge on any atom is -0.313 e. The van der Waals surface area contributed by atoms with Crippen LogP contribution in [0.1, 0.15) is 19.8 Å². The van der Waals surface area contributed by atoms with E-state index >= 15 is 0 Å². The van der Waals surface area contributed by atoms with Crippen molar-refractivity contribution in [1.29, 1.82) is 0 Å². The molecule has 0 radical (unpaired) electrons. The summed E-state index contributed by atoms with van der Waals surface area (Å²) in [6.45, 7) is 4.50. The van der Waals surface area contributed by atoms with Gasteiger partial charge in [-0.15, -0.1) is 0 Å². The number of nitrogens with one attached hydrogen (secondary N) is 1. The van der Waals surface area contributed by atoms with Crippen molar-refractivity contribution in [1.82, 2.24) is 5.32 Å². The van der Waals surface area contributed by atoms with Crippen LogP contribution < -0.4 is 5.32 Å². The summed E-state index contributed by atoms with van der Waals surface area (Å²) in [5, 5.41) is 3.29. The number of hydrogen-bond acceptors (Lipinski definition) is 1. The topological polar surface area (TPSA) is 12.0 Å². The van der Waals surface area contributed by atoms with Gasteiger partial charge in [0.25, 0.3) is 0 Å². The highest BCUT2D eigenvalue weighted by Crippen LogP contribution is 2.05. The van der Waals surface area contributed by atoms with Gasteiger partial charge >= 0.3 is 0 Å². The first-order chi connectivity index (χ1) is 3.93. The van der Waals surface area contributed by atoms with E-state index in [0.717, 1.165) is 6.54 Å². The molecule has 0 aromatic heterocycles. The van der Waals surface area contributed by atoms with E-state index in [9.17, 15) is 0 Å². The minimum atomic E-state index is 1.13. The maximum absolute atomic E-state index is 3.29. The first-order valence-corrected chi connectivity index (χ1v) is 3.32. The second-order valence-electron chi connectivity index (χ2n) is 2.20. The average Bonchev–Trinajstić information content (AvgIpc) is 2.19. The monoisotopic (exact) mass is 111 g/mol. The van der Waals surface area contributed by atoms with Crippen LogP contribution in [0, 0.1) is 0 Å². The van der Waals surface area contributed by atoms with Gasteiger partial charge in [-0.05, 0) is 19.4 Å². The van der Waals surface area contributed by atoms with Gasteiger partial charge < -0.3 is 5.32 Å². The van der Waals surface area contributed by atoms with E-state index in [0.29, 0.717) is 0 Å². The molecular weight excluding hydrogens is 98.1 g/mol. The van der Waals surface area contributed by atoms with E-state index in [1.807, 2.05) is 0 Å². The molecule has 8 heavy (non-hydrogen) atoms. The fourth-order valence-corrected chi connectivity index (χ4v) is 1.05. The van der Waals surface area contributed by atoms with Crippen molar-refractivity contribution >= 4 is 0 Å². The molecule has 1 saturated heterocycles. The smallest absolute Gasteiger partial charge is 0.0165 e. The van der Waals surface area contributed by atoms with Crippen molar-refractivity contribution in [2.45, 2.75) is 19.8 Å². The quantitative estimate of drug-likeness (QED) is 0.503. The Bertz CT molecular complexity index is 86.6. The van der Waals surface area contributed by atoms with Gasteiger partial charge in [-0.1, -0.05) is 18.6 Å². The lowest BCUT2D eigenvalue weighted by Gasteiger charge is -1.88. The Morgan fingerprint density at radius 1 is 1.75 bits per heavy atom. The van der Waals surface area contributed by atoms with Crippen LogP contribution in [0.4, 0.5) is 0 Å². The van der Waals surface area contributed by atoms with Crippen LogP contribution in [-0.2, 0) is 0 Å². The lowest BCUT2D eigenvalue weighted by atomic mass is 10.2. The largest absolute Gasteiger partial charge is 0.313 e. The summed E-state index contributed by atoms with van der Waals surface area (Å²) >= 11 is 0. The Morgan fingerprint density at radius 3 is 3.12 bits per heavy atom. The van der Waals surface area contributed by atoms with Crippen molar-refractivity contribution in [3.05, 3.63) is 11.6 Å². The van der Waals surface area contributed by atoms with E-state index < -0.39 is 0 Å². The molecule has 1 N–H and O–H groups in total.